The summed E-state index contributed by atoms with van der Waals surface area (Å²) >= 11 is 1.67. The molecule has 1 aromatic heterocycles. The van der Waals surface area contributed by atoms with Crippen LogP contribution in [0.15, 0.2) is 77.7 Å². The fourth-order valence-corrected chi connectivity index (χ4v) is 7.48. The van der Waals surface area contributed by atoms with Crippen LogP contribution in [0.4, 0.5) is 10.8 Å². The van der Waals surface area contributed by atoms with Crippen LogP contribution in [0.2, 0.25) is 0 Å². The minimum atomic E-state index is -3.70. The molecule has 0 N–H and O–H groups in total. The Morgan fingerprint density at radius 2 is 1.56 bits per heavy atom. The van der Waals surface area contributed by atoms with E-state index in [9.17, 15) is 13.2 Å². The summed E-state index contributed by atoms with van der Waals surface area (Å²) in [5.74, 6) is -0.0776. The van der Waals surface area contributed by atoms with E-state index in [0.29, 0.717) is 38.3 Å². The second-order valence-electron chi connectivity index (χ2n) is 9.08. The van der Waals surface area contributed by atoms with Crippen LogP contribution in [0.25, 0.3) is 10.2 Å². The molecule has 9 heteroatoms. The molecular formula is C27H26N4O3S2. The van der Waals surface area contributed by atoms with Crippen molar-refractivity contribution in [3.63, 3.8) is 0 Å². The number of aromatic nitrogens is 1. The van der Waals surface area contributed by atoms with Crippen LogP contribution >= 0.6 is 11.3 Å². The van der Waals surface area contributed by atoms with Gasteiger partial charge in [0.2, 0.25) is 0 Å². The molecule has 2 aliphatic rings. The lowest BCUT2D eigenvalue weighted by atomic mass is 10.0. The number of nitrogens with zero attached hydrogens (tertiary/aromatic N) is 4. The quantitative estimate of drug-likeness (QED) is 0.400. The molecule has 0 unspecified atom stereocenters. The van der Waals surface area contributed by atoms with E-state index >= 15 is 0 Å². The Morgan fingerprint density at radius 3 is 2.33 bits per heavy atom. The molecule has 0 aliphatic carbocycles. The Kier molecular flexibility index (Phi) is 5.89. The predicted octanol–water partition coefficient (Wildman–Crippen LogP) is 4.40. The van der Waals surface area contributed by atoms with Gasteiger partial charge in [-0.2, -0.15) is 0 Å². The van der Waals surface area contributed by atoms with Crippen LogP contribution in [0, 0.1) is 0 Å². The molecule has 7 nitrogen and oxygen atoms in total. The summed E-state index contributed by atoms with van der Waals surface area (Å²) in [6.07, 6.45) is 1.66. The first-order valence-electron chi connectivity index (χ1n) is 12.1. The number of rotatable bonds is 4. The maximum Gasteiger partial charge on any atom is 0.264 e. The molecule has 0 atom stereocenters. The van der Waals surface area contributed by atoms with Crippen molar-refractivity contribution in [1.29, 1.82) is 0 Å². The summed E-state index contributed by atoms with van der Waals surface area (Å²) in [4.78, 5) is 22.1. The van der Waals surface area contributed by atoms with Gasteiger partial charge in [0.15, 0.2) is 5.13 Å². The van der Waals surface area contributed by atoms with E-state index in [4.69, 9.17) is 4.98 Å². The van der Waals surface area contributed by atoms with E-state index in [1.807, 2.05) is 47.4 Å². The van der Waals surface area contributed by atoms with Crippen molar-refractivity contribution < 1.29 is 13.2 Å². The number of thiazole rings is 1. The largest absolute Gasteiger partial charge is 0.345 e. The molecule has 0 spiro atoms. The van der Waals surface area contributed by atoms with Crippen LogP contribution in [-0.4, -0.2) is 56.9 Å². The van der Waals surface area contributed by atoms with E-state index in [1.54, 1.807) is 35.6 Å². The molecule has 3 heterocycles. The molecule has 1 fully saturated rings. The fourth-order valence-electron chi connectivity index (χ4n) is 4.92. The summed E-state index contributed by atoms with van der Waals surface area (Å²) in [5, 5.41) is 0.983. The number of carbonyl (C=O) groups excluding carboxylic acids is 1. The van der Waals surface area contributed by atoms with Crippen molar-refractivity contribution in [3.05, 3.63) is 83.9 Å². The van der Waals surface area contributed by atoms with Gasteiger partial charge in [-0.15, -0.1) is 0 Å². The van der Waals surface area contributed by atoms with Crippen LogP contribution in [0.3, 0.4) is 0 Å². The van der Waals surface area contributed by atoms with Crippen LogP contribution in [0.1, 0.15) is 22.3 Å². The van der Waals surface area contributed by atoms with Crippen molar-refractivity contribution in [3.8, 4) is 0 Å². The normalized spacial score (nSPS) is 16.3. The SMILES string of the molecule is O=C(c1ccc(S(=O)(=O)N2CCCc3ccccc32)cc1)N1CCN(c2nc3ccccc3s2)CC1. The van der Waals surface area contributed by atoms with Gasteiger partial charge in [0, 0.05) is 38.3 Å². The van der Waals surface area contributed by atoms with Gasteiger partial charge in [-0.3, -0.25) is 9.10 Å². The lowest BCUT2D eigenvalue weighted by Gasteiger charge is -2.34. The van der Waals surface area contributed by atoms with Gasteiger partial charge in [0.05, 0.1) is 20.8 Å². The van der Waals surface area contributed by atoms with E-state index in [0.717, 1.165) is 39.4 Å². The number of sulfonamides is 1. The van der Waals surface area contributed by atoms with Crippen molar-refractivity contribution in [2.24, 2.45) is 0 Å². The Morgan fingerprint density at radius 1 is 0.833 bits per heavy atom. The lowest BCUT2D eigenvalue weighted by molar-refractivity contribution is 0.0746. The maximum atomic E-state index is 13.4. The van der Waals surface area contributed by atoms with Gasteiger partial charge < -0.3 is 9.80 Å². The van der Waals surface area contributed by atoms with E-state index < -0.39 is 10.0 Å². The first kappa shape index (κ1) is 23.0. The molecule has 2 aliphatic heterocycles. The molecule has 0 radical (unpaired) electrons. The first-order valence-corrected chi connectivity index (χ1v) is 14.4. The van der Waals surface area contributed by atoms with Crippen molar-refractivity contribution in [1.82, 2.24) is 9.88 Å². The zero-order valence-corrected chi connectivity index (χ0v) is 21.3. The highest BCUT2D eigenvalue weighted by Gasteiger charge is 2.29. The van der Waals surface area contributed by atoms with Gasteiger partial charge in [-0.05, 0) is 60.9 Å². The van der Waals surface area contributed by atoms with Crippen LogP contribution in [-0.2, 0) is 16.4 Å². The number of aryl methyl sites for hydroxylation is 1. The second-order valence-corrected chi connectivity index (χ2v) is 11.9. The Labute approximate surface area is 214 Å². The molecule has 6 rings (SSSR count). The molecule has 0 saturated carbocycles. The number of hydrogen-bond donors (Lipinski definition) is 0. The maximum absolute atomic E-state index is 13.4. The van der Waals surface area contributed by atoms with E-state index in [2.05, 4.69) is 11.0 Å². The standard InChI is InChI=1S/C27H26N4O3S2/c32-26(29-16-18-30(19-17-29)27-28-23-8-2-4-10-25(23)35-27)21-11-13-22(14-12-21)36(33,34)31-15-5-7-20-6-1-3-9-24(20)31/h1-4,6,8-14H,5,7,15-19H2. The molecule has 36 heavy (non-hydrogen) atoms. The predicted molar refractivity (Wildman–Crippen MR) is 143 cm³/mol. The molecular weight excluding hydrogens is 492 g/mol. The highest BCUT2D eigenvalue weighted by Crippen LogP contribution is 2.32. The summed E-state index contributed by atoms with van der Waals surface area (Å²) in [7, 11) is -3.70. The summed E-state index contributed by atoms with van der Waals surface area (Å²) in [6.45, 7) is 3.08. The zero-order valence-electron chi connectivity index (χ0n) is 19.7. The van der Waals surface area contributed by atoms with Crippen molar-refractivity contribution in [2.45, 2.75) is 17.7 Å². The molecule has 184 valence electrons. The average molecular weight is 519 g/mol. The van der Waals surface area contributed by atoms with Gasteiger partial charge in [-0.25, -0.2) is 13.4 Å². The number of carbonyl (C=O) groups is 1. The summed E-state index contributed by atoms with van der Waals surface area (Å²) < 4.78 is 29.4. The van der Waals surface area contributed by atoms with Gasteiger partial charge >= 0.3 is 0 Å². The topological polar surface area (TPSA) is 73.8 Å². The number of anilines is 2. The molecule has 0 bridgehead atoms. The number of amides is 1. The molecule has 1 saturated heterocycles. The van der Waals surface area contributed by atoms with Gasteiger partial charge in [0.1, 0.15) is 0 Å². The third-order valence-electron chi connectivity index (χ3n) is 6.88. The molecule has 3 aromatic carbocycles. The monoisotopic (exact) mass is 518 g/mol. The fraction of sp³-hybridized carbons (Fsp3) is 0.259. The lowest BCUT2D eigenvalue weighted by Crippen LogP contribution is -2.48. The number of piperazine rings is 1. The Balaban J connectivity index is 1.14. The number of fused-ring (bicyclic) bond motifs is 2. The highest BCUT2D eigenvalue weighted by atomic mass is 32.2. The summed E-state index contributed by atoms with van der Waals surface area (Å²) in [6, 6.07) is 22.1. The summed E-state index contributed by atoms with van der Waals surface area (Å²) in [5.41, 5.74) is 3.29. The number of hydrogen-bond acceptors (Lipinski definition) is 6. The van der Waals surface area contributed by atoms with Crippen molar-refractivity contribution in [2.75, 3.05) is 41.9 Å². The van der Waals surface area contributed by atoms with Gasteiger partial charge in [0.25, 0.3) is 15.9 Å². The van der Waals surface area contributed by atoms with Crippen LogP contribution in [0.5, 0.6) is 0 Å². The molecule has 4 aromatic rings. The number of benzene rings is 3. The average Bonchev–Trinajstić information content (AvgIpc) is 3.37. The van der Waals surface area contributed by atoms with Gasteiger partial charge in [-0.1, -0.05) is 41.7 Å². The van der Waals surface area contributed by atoms with Crippen molar-refractivity contribution >= 4 is 48.3 Å². The van der Waals surface area contributed by atoms with Crippen LogP contribution < -0.4 is 9.21 Å². The molecule has 1 amide bonds. The zero-order chi connectivity index (χ0) is 24.7. The number of para-hydroxylation sites is 2. The Bertz CT molecular complexity index is 1490. The minimum Gasteiger partial charge on any atom is -0.345 e. The first-order chi connectivity index (χ1) is 17.5. The Hall–Kier alpha value is -3.43. The highest BCUT2D eigenvalue weighted by molar-refractivity contribution is 7.92. The minimum absolute atomic E-state index is 0.0776. The van der Waals surface area contributed by atoms with E-state index in [1.165, 1.54) is 4.31 Å². The third-order valence-corrected chi connectivity index (χ3v) is 9.80. The third kappa shape index (κ3) is 4.12. The second kappa shape index (κ2) is 9.22. The van der Waals surface area contributed by atoms with E-state index in [-0.39, 0.29) is 10.8 Å². The smallest absolute Gasteiger partial charge is 0.264 e.